The molecule has 2 aliphatic rings. The van der Waals surface area contributed by atoms with Crippen molar-refractivity contribution in [2.45, 2.75) is 69.7 Å². The van der Waals surface area contributed by atoms with Crippen LogP contribution in [0.1, 0.15) is 45.4 Å². The van der Waals surface area contributed by atoms with E-state index >= 15 is 0 Å². The molecule has 1 aromatic carbocycles. The number of carbonyl (C=O) groups excluding carboxylic acids is 2. The van der Waals surface area contributed by atoms with Gasteiger partial charge < -0.3 is 19.9 Å². The SMILES string of the molecule is C=CC(C)(C)Oc1ccc2c(CC3NC(=O)[C@@H]4[C@H](OS(C)(=O)=O)CCN4C3=O)c(C(C)(C)C=C)[nH]c2c1. The smallest absolute Gasteiger partial charge is 0.264 e. The highest BCUT2D eigenvalue weighted by atomic mass is 32.2. The third kappa shape index (κ3) is 5.31. The van der Waals surface area contributed by atoms with Crippen LogP contribution in [0.2, 0.25) is 0 Å². The van der Waals surface area contributed by atoms with E-state index in [2.05, 4.69) is 23.5 Å². The summed E-state index contributed by atoms with van der Waals surface area (Å²) in [5.74, 6) is 0.00286. The van der Waals surface area contributed by atoms with Crippen molar-refractivity contribution in [2.24, 2.45) is 0 Å². The number of hydrogen-bond donors (Lipinski definition) is 2. The van der Waals surface area contributed by atoms with Crippen molar-refractivity contribution in [3.8, 4) is 5.75 Å². The molecular weight excluding hydrogens is 494 g/mol. The lowest BCUT2D eigenvalue weighted by molar-refractivity contribution is -0.148. The minimum absolute atomic E-state index is 0.256. The van der Waals surface area contributed by atoms with Gasteiger partial charge in [0.1, 0.15) is 29.5 Å². The minimum atomic E-state index is -3.77. The fourth-order valence-electron chi connectivity index (χ4n) is 5.02. The fraction of sp³-hybridized carbons (Fsp3) is 0.481. The zero-order chi connectivity index (χ0) is 27.3. The van der Waals surface area contributed by atoms with Gasteiger partial charge in [-0.15, -0.1) is 6.58 Å². The van der Waals surface area contributed by atoms with Gasteiger partial charge in [0.2, 0.25) is 11.8 Å². The zero-order valence-electron chi connectivity index (χ0n) is 22.0. The number of benzene rings is 1. The number of fused-ring (bicyclic) bond motifs is 2. The van der Waals surface area contributed by atoms with Crippen LogP contribution >= 0.6 is 0 Å². The zero-order valence-corrected chi connectivity index (χ0v) is 22.8. The van der Waals surface area contributed by atoms with Gasteiger partial charge in [-0.2, -0.15) is 8.42 Å². The summed E-state index contributed by atoms with van der Waals surface area (Å²) in [7, 11) is -3.77. The van der Waals surface area contributed by atoms with E-state index in [1.54, 1.807) is 6.08 Å². The molecule has 0 spiro atoms. The van der Waals surface area contributed by atoms with Crippen molar-refractivity contribution in [3.05, 3.63) is 54.8 Å². The molecule has 2 fully saturated rings. The molecule has 0 aliphatic carbocycles. The Kier molecular flexibility index (Phi) is 6.79. The fourth-order valence-corrected chi connectivity index (χ4v) is 5.67. The first-order valence-electron chi connectivity index (χ1n) is 12.3. The van der Waals surface area contributed by atoms with Crippen LogP contribution in [-0.4, -0.2) is 66.7 Å². The highest BCUT2D eigenvalue weighted by molar-refractivity contribution is 7.86. The molecule has 2 aromatic rings. The predicted octanol–water partition coefficient (Wildman–Crippen LogP) is 2.96. The molecule has 3 heterocycles. The van der Waals surface area contributed by atoms with Crippen molar-refractivity contribution in [1.29, 1.82) is 0 Å². The molecule has 1 aromatic heterocycles. The quantitative estimate of drug-likeness (QED) is 0.381. The number of nitrogens with zero attached hydrogens (tertiary/aromatic N) is 1. The highest BCUT2D eigenvalue weighted by Gasteiger charge is 2.50. The molecule has 3 atom stereocenters. The number of nitrogens with one attached hydrogen (secondary N) is 2. The Labute approximate surface area is 218 Å². The van der Waals surface area contributed by atoms with Gasteiger partial charge in [-0.1, -0.05) is 26.5 Å². The molecule has 0 radical (unpaired) electrons. The van der Waals surface area contributed by atoms with Gasteiger partial charge >= 0.3 is 0 Å². The maximum atomic E-state index is 13.4. The van der Waals surface area contributed by atoms with Crippen LogP contribution in [0.5, 0.6) is 5.75 Å². The van der Waals surface area contributed by atoms with E-state index in [1.807, 2.05) is 52.0 Å². The molecule has 2 saturated heterocycles. The van der Waals surface area contributed by atoms with Crippen molar-refractivity contribution in [1.82, 2.24) is 15.2 Å². The summed E-state index contributed by atoms with van der Waals surface area (Å²) in [6, 6.07) is 3.98. The molecule has 2 amide bonds. The third-order valence-electron chi connectivity index (χ3n) is 7.12. The molecule has 4 rings (SSSR count). The Hall–Kier alpha value is -3.11. The van der Waals surface area contributed by atoms with Crippen LogP contribution in [-0.2, 0) is 35.7 Å². The van der Waals surface area contributed by atoms with Crippen LogP contribution in [0.25, 0.3) is 10.9 Å². The van der Waals surface area contributed by atoms with Crippen molar-refractivity contribution < 1.29 is 26.9 Å². The van der Waals surface area contributed by atoms with E-state index in [0.29, 0.717) is 5.75 Å². The molecule has 9 nitrogen and oxygen atoms in total. The number of piperazine rings is 1. The number of H-pyrrole nitrogens is 1. The normalized spacial score (nSPS) is 22.6. The number of rotatable bonds is 9. The van der Waals surface area contributed by atoms with E-state index < -0.39 is 45.2 Å². The molecule has 0 bridgehead atoms. The van der Waals surface area contributed by atoms with E-state index in [0.717, 1.165) is 28.4 Å². The molecule has 200 valence electrons. The second-order valence-corrected chi connectivity index (χ2v) is 12.5. The van der Waals surface area contributed by atoms with Crippen molar-refractivity contribution in [3.63, 3.8) is 0 Å². The third-order valence-corrected chi connectivity index (χ3v) is 7.72. The summed E-state index contributed by atoms with van der Waals surface area (Å²) >= 11 is 0. The summed E-state index contributed by atoms with van der Waals surface area (Å²) in [5.41, 5.74) is 1.64. The minimum Gasteiger partial charge on any atom is -0.484 e. The van der Waals surface area contributed by atoms with Crippen LogP contribution in [0.3, 0.4) is 0 Å². The Morgan fingerprint density at radius 2 is 1.86 bits per heavy atom. The molecule has 10 heteroatoms. The standard InChI is InChI=1S/C27H35N3O6S/c1-8-26(3,4)23-18(17-11-10-16(14-19(17)28-23)35-27(5,6)9-2)15-20-25(32)30-13-12-21(36-37(7,33)34)22(30)24(31)29-20/h8-11,14,20-22,28H,1-2,12-13,15H2,3-7H3,(H,29,31)/t20?,21-,22+/m1/s1. The maximum Gasteiger partial charge on any atom is 0.264 e. The number of hydrogen-bond acceptors (Lipinski definition) is 6. The topological polar surface area (TPSA) is 118 Å². The lowest BCUT2D eigenvalue weighted by atomic mass is 9.84. The van der Waals surface area contributed by atoms with Gasteiger partial charge in [0, 0.05) is 41.0 Å². The number of allylic oxidation sites excluding steroid dienone is 1. The first kappa shape index (κ1) is 26.9. The van der Waals surface area contributed by atoms with Gasteiger partial charge in [0.05, 0.1) is 6.26 Å². The number of aromatic amines is 1. The Balaban J connectivity index is 1.68. The van der Waals surface area contributed by atoms with Gasteiger partial charge in [-0.3, -0.25) is 13.8 Å². The highest BCUT2D eigenvalue weighted by Crippen LogP contribution is 2.36. The monoisotopic (exact) mass is 529 g/mol. The Morgan fingerprint density at radius 3 is 2.49 bits per heavy atom. The van der Waals surface area contributed by atoms with Crippen LogP contribution in [0.4, 0.5) is 0 Å². The number of amides is 2. The Bertz CT molecular complexity index is 1370. The largest absolute Gasteiger partial charge is 0.484 e. The van der Waals surface area contributed by atoms with E-state index in [-0.39, 0.29) is 25.3 Å². The first-order chi connectivity index (χ1) is 17.2. The van der Waals surface area contributed by atoms with E-state index in [9.17, 15) is 18.0 Å². The summed E-state index contributed by atoms with van der Waals surface area (Å²) in [6.07, 6.45) is 4.16. The lowest BCUT2D eigenvalue weighted by Gasteiger charge is -2.36. The molecular formula is C27H35N3O6S. The van der Waals surface area contributed by atoms with Crippen LogP contribution < -0.4 is 10.1 Å². The molecule has 0 saturated carbocycles. The van der Waals surface area contributed by atoms with E-state index in [1.165, 1.54) is 4.90 Å². The van der Waals surface area contributed by atoms with Gasteiger partial charge in [0.25, 0.3) is 10.1 Å². The first-order valence-corrected chi connectivity index (χ1v) is 14.1. The maximum absolute atomic E-state index is 13.4. The summed E-state index contributed by atoms with van der Waals surface area (Å²) in [4.78, 5) is 31.4. The van der Waals surface area contributed by atoms with Crippen molar-refractivity contribution >= 4 is 32.8 Å². The average Bonchev–Trinajstić information content (AvgIpc) is 3.38. The predicted molar refractivity (Wildman–Crippen MR) is 142 cm³/mol. The molecule has 2 N–H and O–H groups in total. The number of ether oxygens (including phenoxy) is 1. The number of carbonyl (C=O) groups is 2. The molecule has 1 unspecified atom stereocenters. The van der Waals surface area contributed by atoms with Gasteiger partial charge in [-0.05, 0) is 44.0 Å². The van der Waals surface area contributed by atoms with Gasteiger partial charge in [0.15, 0.2) is 0 Å². The second kappa shape index (κ2) is 9.33. The summed E-state index contributed by atoms with van der Waals surface area (Å²) in [6.45, 7) is 16.0. The average molecular weight is 530 g/mol. The second-order valence-electron chi connectivity index (χ2n) is 10.9. The summed E-state index contributed by atoms with van der Waals surface area (Å²) in [5, 5.41) is 3.74. The van der Waals surface area contributed by atoms with Gasteiger partial charge in [-0.25, -0.2) is 0 Å². The van der Waals surface area contributed by atoms with Crippen LogP contribution in [0.15, 0.2) is 43.5 Å². The van der Waals surface area contributed by atoms with E-state index in [4.69, 9.17) is 8.92 Å². The number of aromatic nitrogens is 1. The summed E-state index contributed by atoms with van der Waals surface area (Å²) < 4.78 is 34.5. The van der Waals surface area contributed by atoms with Crippen LogP contribution in [0, 0.1) is 0 Å². The lowest BCUT2D eigenvalue weighted by Crippen LogP contribution is -2.64. The molecule has 37 heavy (non-hydrogen) atoms. The van der Waals surface area contributed by atoms with Crippen molar-refractivity contribution in [2.75, 3.05) is 12.8 Å². The Morgan fingerprint density at radius 1 is 1.16 bits per heavy atom. The molecule has 2 aliphatic heterocycles.